The highest BCUT2D eigenvalue weighted by molar-refractivity contribution is 5.88. The van der Waals surface area contributed by atoms with Crippen LogP contribution in [0.2, 0.25) is 0 Å². The molecule has 1 heterocycles. The Labute approximate surface area is 183 Å². The number of likely N-dealkylation sites (N-methyl/N-ethyl adjacent to an activating group) is 1. The lowest BCUT2D eigenvalue weighted by Gasteiger charge is -2.35. The highest BCUT2D eigenvalue weighted by Gasteiger charge is 2.33. The lowest BCUT2D eigenvalue weighted by Crippen LogP contribution is -2.56. The Morgan fingerprint density at radius 3 is 2.61 bits per heavy atom. The third kappa shape index (κ3) is 5.76. The molecule has 1 N–H and O–H groups in total. The lowest BCUT2D eigenvalue weighted by atomic mass is 10.1. The van der Waals surface area contributed by atoms with Gasteiger partial charge in [0.25, 0.3) is 0 Å². The maximum Gasteiger partial charge on any atom is 0.237 e. The fourth-order valence-electron chi connectivity index (χ4n) is 3.86. The summed E-state index contributed by atoms with van der Waals surface area (Å²) < 4.78 is 10.9. The molecule has 3 rings (SSSR count). The molecule has 166 valence electrons. The predicted molar refractivity (Wildman–Crippen MR) is 119 cm³/mol. The van der Waals surface area contributed by atoms with Crippen LogP contribution in [-0.4, -0.2) is 68.6 Å². The Bertz CT molecular complexity index is 888. The second kappa shape index (κ2) is 10.8. The van der Waals surface area contributed by atoms with E-state index >= 15 is 0 Å². The highest BCUT2D eigenvalue weighted by atomic mass is 16.5. The molecule has 2 aromatic rings. The Balaban J connectivity index is 1.66. The van der Waals surface area contributed by atoms with Gasteiger partial charge in [0.1, 0.15) is 0 Å². The van der Waals surface area contributed by atoms with Crippen molar-refractivity contribution in [3.63, 3.8) is 0 Å². The summed E-state index contributed by atoms with van der Waals surface area (Å²) >= 11 is 0. The number of hydrogen-bond acceptors (Lipinski definition) is 5. The minimum atomic E-state index is -0.517. The number of hydrogen-bond donors (Lipinski definition) is 1. The van der Waals surface area contributed by atoms with E-state index in [1.165, 1.54) is 5.56 Å². The number of ether oxygens (including phenoxy) is 2. The molecule has 1 fully saturated rings. The van der Waals surface area contributed by atoms with Gasteiger partial charge in [0, 0.05) is 38.8 Å². The maximum atomic E-state index is 12.9. The zero-order valence-electron chi connectivity index (χ0n) is 18.5. The van der Waals surface area contributed by atoms with Crippen LogP contribution < -0.4 is 14.8 Å². The number of piperazine rings is 1. The molecule has 7 heteroatoms. The summed E-state index contributed by atoms with van der Waals surface area (Å²) in [6.07, 6.45) is 0.925. The van der Waals surface area contributed by atoms with E-state index in [-0.39, 0.29) is 18.2 Å². The second-order valence-electron chi connectivity index (χ2n) is 7.68. The molecule has 1 aliphatic heterocycles. The first-order valence-electron chi connectivity index (χ1n) is 10.5. The number of rotatable bonds is 9. The fourth-order valence-corrected chi connectivity index (χ4v) is 3.86. The molecule has 1 aliphatic rings. The van der Waals surface area contributed by atoms with Crippen LogP contribution in [0.15, 0.2) is 48.5 Å². The standard InChI is InChI=1S/C24H31N3O4/c1-26(14-12-18-8-5-4-6-9-18)22(28)16-20-24(29)25-13-15-27(20)17-19-10-7-11-21(30-2)23(19)31-3/h4-11,20H,12-17H2,1-3H3,(H,25,29). The predicted octanol–water partition coefficient (Wildman–Crippen LogP) is 2.10. The molecule has 1 saturated heterocycles. The van der Waals surface area contributed by atoms with Gasteiger partial charge in [-0.3, -0.25) is 14.5 Å². The Morgan fingerprint density at radius 2 is 1.90 bits per heavy atom. The van der Waals surface area contributed by atoms with Crippen molar-refractivity contribution in [1.82, 2.24) is 15.1 Å². The molecular weight excluding hydrogens is 394 g/mol. The van der Waals surface area contributed by atoms with Gasteiger partial charge in [0.15, 0.2) is 11.5 Å². The van der Waals surface area contributed by atoms with E-state index < -0.39 is 6.04 Å². The molecule has 1 unspecified atom stereocenters. The number of amides is 2. The van der Waals surface area contributed by atoms with Crippen LogP contribution in [0.1, 0.15) is 17.5 Å². The molecule has 7 nitrogen and oxygen atoms in total. The third-order valence-corrected chi connectivity index (χ3v) is 5.67. The normalized spacial score (nSPS) is 16.5. The van der Waals surface area contributed by atoms with E-state index in [0.29, 0.717) is 37.7 Å². The van der Waals surface area contributed by atoms with Crippen molar-refractivity contribution in [2.75, 3.05) is 40.9 Å². The van der Waals surface area contributed by atoms with Gasteiger partial charge in [-0.05, 0) is 18.1 Å². The smallest absolute Gasteiger partial charge is 0.237 e. The van der Waals surface area contributed by atoms with E-state index in [4.69, 9.17) is 9.47 Å². The number of nitrogens with one attached hydrogen (secondary N) is 1. The molecule has 0 radical (unpaired) electrons. The summed E-state index contributed by atoms with van der Waals surface area (Å²) in [7, 11) is 5.00. The molecule has 1 atom stereocenters. The number of carbonyl (C=O) groups excluding carboxylic acids is 2. The van der Waals surface area contributed by atoms with Crippen LogP contribution in [-0.2, 0) is 22.6 Å². The Morgan fingerprint density at radius 1 is 1.13 bits per heavy atom. The maximum absolute atomic E-state index is 12.9. The van der Waals surface area contributed by atoms with Gasteiger partial charge in [-0.15, -0.1) is 0 Å². The molecule has 0 spiro atoms. The Kier molecular flexibility index (Phi) is 7.89. The molecule has 31 heavy (non-hydrogen) atoms. The van der Waals surface area contributed by atoms with E-state index in [9.17, 15) is 9.59 Å². The number of benzene rings is 2. The minimum Gasteiger partial charge on any atom is -0.493 e. The zero-order valence-corrected chi connectivity index (χ0v) is 18.5. The molecule has 2 aromatic carbocycles. The van der Waals surface area contributed by atoms with Crippen LogP contribution in [0.25, 0.3) is 0 Å². The molecule has 0 bridgehead atoms. The van der Waals surface area contributed by atoms with Crippen LogP contribution in [0.3, 0.4) is 0 Å². The van der Waals surface area contributed by atoms with Crippen LogP contribution in [0.4, 0.5) is 0 Å². The summed E-state index contributed by atoms with van der Waals surface area (Å²) in [4.78, 5) is 29.3. The van der Waals surface area contributed by atoms with Crippen molar-refractivity contribution in [2.24, 2.45) is 0 Å². The van der Waals surface area contributed by atoms with E-state index in [0.717, 1.165) is 12.0 Å². The van der Waals surface area contributed by atoms with Gasteiger partial charge in [-0.25, -0.2) is 0 Å². The first-order valence-corrected chi connectivity index (χ1v) is 10.5. The van der Waals surface area contributed by atoms with Crippen molar-refractivity contribution < 1.29 is 19.1 Å². The molecule has 0 aliphatic carbocycles. The minimum absolute atomic E-state index is 0.0411. The van der Waals surface area contributed by atoms with Crippen LogP contribution in [0, 0.1) is 0 Å². The highest BCUT2D eigenvalue weighted by Crippen LogP contribution is 2.32. The van der Waals surface area contributed by atoms with Gasteiger partial charge in [-0.1, -0.05) is 42.5 Å². The average molecular weight is 426 g/mol. The largest absolute Gasteiger partial charge is 0.493 e. The van der Waals surface area contributed by atoms with Crippen LogP contribution in [0.5, 0.6) is 11.5 Å². The number of carbonyl (C=O) groups is 2. The van der Waals surface area contributed by atoms with Crippen molar-refractivity contribution in [2.45, 2.75) is 25.4 Å². The van der Waals surface area contributed by atoms with Crippen LogP contribution >= 0.6 is 0 Å². The topological polar surface area (TPSA) is 71.1 Å². The number of para-hydroxylation sites is 1. The van der Waals surface area contributed by atoms with Crippen molar-refractivity contribution in [1.29, 1.82) is 0 Å². The third-order valence-electron chi connectivity index (χ3n) is 5.67. The van der Waals surface area contributed by atoms with Gasteiger partial charge in [0.2, 0.25) is 11.8 Å². The quantitative estimate of drug-likeness (QED) is 0.666. The van der Waals surface area contributed by atoms with E-state index in [1.54, 1.807) is 26.2 Å². The van der Waals surface area contributed by atoms with Gasteiger partial charge in [-0.2, -0.15) is 0 Å². The van der Waals surface area contributed by atoms with Gasteiger partial charge in [0.05, 0.1) is 26.7 Å². The van der Waals surface area contributed by atoms with Gasteiger partial charge >= 0.3 is 0 Å². The number of methoxy groups -OCH3 is 2. The summed E-state index contributed by atoms with van der Waals surface area (Å²) in [6.45, 7) is 2.33. The summed E-state index contributed by atoms with van der Waals surface area (Å²) in [5.41, 5.74) is 2.11. The fraction of sp³-hybridized carbons (Fsp3) is 0.417. The summed E-state index contributed by atoms with van der Waals surface area (Å²) in [5.74, 6) is 1.15. The first-order chi connectivity index (χ1) is 15.0. The number of nitrogens with zero attached hydrogens (tertiary/aromatic N) is 2. The molecular formula is C24H31N3O4. The van der Waals surface area contributed by atoms with Gasteiger partial charge < -0.3 is 19.7 Å². The SMILES string of the molecule is COc1cccc(CN2CCNC(=O)C2CC(=O)N(C)CCc2ccccc2)c1OC. The molecule has 0 saturated carbocycles. The molecule has 0 aromatic heterocycles. The van der Waals surface area contributed by atoms with E-state index in [2.05, 4.69) is 17.4 Å². The first kappa shape index (κ1) is 22.6. The zero-order chi connectivity index (χ0) is 22.2. The monoisotopic (exact) mass is 425 g/mol. The summed E-state index contributed by atoms with van der Waals surface area (Å²) in [5, 5.41) is 2.89. The van der Waals surface area contributed by atoms with E-state index in [1.807, 2.05) is 41.3 Å². The lowest BCUT2D eigenvalue weighted by molar-refractivity contribution is -0.138. The molecule has 2 amide bonds. The Hall–Kier alpha value is -3.06. The van der Waals surface area contributed by atoms with Crippen molar-refractivity contribution in [3.05, 3.63) is 59.7 Å². The van der Waals surface area contributed by atoms with Crippen molar-refractivity contribution in [3.8, 4) is 11.5 Å². The average Bonchev–Trinajstić information content (AvgIpc) is 2.80. The summed E-state index contributed by atoms with van der Waals surface area (Å²) in [6, 6.07) is 15.3. The second-order valence-corrected chi connectivity index (χ2v) is 7.68. The van der Waals surface area contributed by atoms with Crippen molar-refractivity contribution >= 4 is 11.8 Å².